The molecular formula is C26H33N5O3S. The average molecular weight is 496 g/mol. The molecule has 1 saturated heterocycles. The van der Waals surface area contributed by atoms with Crippen LogP contribution in [-0.2, 0) is 0 Å². The van der Waals surface area contributed by atoms with Crippen molar-refractivity contribution in [3.8, 4) is 17.2 Å². The van der Waals surface area contributed by atoms with E-state index in [9.17, 15) is 9.90 Å². The molecular weight excluding hydrogens is 462 g/mol. The zero-order valence-corrected chi connectivity index (χ0v) is 21.1. The summed E-state index contributed by atoms with van der Waals surface area (Å²) in [6.07, 6.45) is 0.937. The second-order valence-corrected chi connectivity index (χ2v) is 10.1. The molecule has 1 aliphatic rings. The number of benzene rings is 2. The minimum Gasteiger partial charge on any atom is -0.508 e. The highest BCUT2D eigenvalue weighted by Crippen LogP contribution is 2.39. The predicted octanol–water partition coefficient (Wildman–Crippen LogP) is 3.65. The van der Waals surface area contributed by atoms with Crippen molar-refractivity contribution in [2.24, 2.45) is 0 Å². The Balaban J connectivity index is 1.33. The van der Waals surface area contributed by atoms with Crippen molar-refractivity contribution in [1.29, 1.82) is 0 Å². The Hall–Kier alpha value is -2.88. The van der Waals surface area contributed by atoms with Gasteiger partial charge in [-0.2, -0.15) is 0 Å². The molecule has 8 nitrogen and oxygen atoms in total. The normalized spacial score (nSPS) is 15.7. The number of nitrogens with one attached hydrogen (secondary N) is 1. The highest BCUT2D eigenvalue weighted by molar-refractivity contribution is 7.99. The number of rotatable bonds is 10. The molecule has 4 rings (SSSR count). The van der Waals surface area contributed by atoms with Crippen LogP contribution in [-0.4, -0.2) is 83.1 Å². The largest absolute Gasteiger partial charge is 0.508 e. The second kappa shape index (κ2) is 12.2. The smallest absolute Gasteiger partial charge is 0.251 e. The number of carbonyl (C=O) groups excluding carboxylic acids is 1. The zero-order valence-electron chi connectivity index (χ0n) is 20.3. The lowest BCUT2D eigenvalue weighted by Crippen LogP contribution is -2.45. The summed E-state index contributed by atoms with van der Waals surface area (Å²) in [6.45, 7) is 8.10. The predicted molar refractivity (Wildman–Crippen MR) is 139 cm³/mol. The van der Waals surface area contributed by atoms with Gasteiger partial charge in [-0.15, -0.1) is 22.0 Å². The van der Waals surface area contributed by atoms with Gasteiger partial charge in [0.2, 0.25) is 11.8 Å². The number of para-hydroxylation sites is 1. The third kappa shape index (κ3) is 6.62. The van der Waals surface area contributed by atoms with Crippen LogP contribution in [0.5, 0.6) is 5.75 Å². The van der Waals surface area contributed by atoms with Gasteiger partial charge >= 0.3 is 0 Å². The first-order chi connectivity index (χ1) is 17.0. The quantitative estimate of drug-likeness (QED) is 0.412. The molecule has 1 unspecified atom stereocenters. The van der Waals surface area contributed by atoms with Crippen LogP contribution in [0.2, 0.25) is 0 Å². The second-order valence-electron chi connectivity index (χ2n) is 8.67. The van der Waals surface area contributed by atoms with Crippen molar-refractivity contribution in [2.75, 3.05) is 52.1 Å². The van der Waals surface area contributed by atoms with Crippen molar-refractivity contribution in [3.63, 3.8) is 0 Å². The van der Waals surface area contributed by atoms with E-state index < -0.39 is 0 Å². The molecule has 0 saturated carbocycles. The number of amides is 1. The lowest BCUT2D eigenvalue weighted by Gasteiger charge is -2.32. The van der Waals surface area contributed by atoms with Gasteiger partial charge in [-0.1, -0.05) is 25.1 Å². The first-order valence-corrected chi connectivity index (χ1v) is 13.1. The van der Waals surface area contributed by atoms with Crippen LogP contribution in [0.1, 0.15) is 40.4 Å². The SMILES string of the molecule is CCSC(c1nnc(-c2ccc(C(=O)NCCCN3CCN(C)CC3)cc2)o1)c1ccccc1O. The average Bonchev–Trinajstić information content (AvgIpc) is 3.37. The van der Waals surface area contributed by atoms with Gasteiger partial charge in [-0.25, -0.2) is 0 Å². The fourth-order valence-electron chi connectivity index (χ4n) is 4.07. The molecule has 1 fully saturated rings. The van der Waals surface area contributed by atoms with Crippen molar-refractivity contribution >= 4 is 17.7 Å². The number of aromatic hydroxyl groups is 1. The number of thioether (sulfide) groups is 1. The van der Waals surface area contributed by atoms with E-state index in [-0.39, 0.29) is 16.9 Å². The van der Waals surface area contributed by atoms with E-state index in [1.165, 1.54) is 0 Å². The number of carbonyl (C=O) groups is 1. The van der Waals surface area contributed by atoms with Gasteiger partial charge in [0, 0.05) is 49.4 Å². The molecule has 1 amide bonds. The summed E-state index contributed by atoms with van der Waals surface area (Å²) in [7, 11) is 2.15. The molecule has 0 radical (unpaired) electrons. The van der Waals surface area contributed by atoms with E-state index in [1.54, 1.807) is 36.0 Å². The van der Waals surface area contributed by atoms with E-state index in [4.69, 9.17) is 4.42 Å². The Kier molecular flexibility index (Phi) is 8.79. The summed E-state index contributed by atoms with van der Waals surface area (Å²) in [5, 5.41) is 21.5. The molecule has 9 heteroatoms. The van der Waals surface area contributed by atoms with Crippen molar-refractivity contribution in [3.05, 3.63) is 65.5 Å². The van der Waals surface area contributed by atoms with Crippen LogP contribution in [0, 0.1) is 0 Å². The Morgan fingerprint density at radius 2 is 1.86 bits per heavy atom. The molecule has 2 N–H and O–H groups in total. The molecule has 3 aromatic rings. The molecule has 186 valence electrons. The first-order valence-electron chi connectivity index (χ1n) is 12.1. The summed E-state index contributed by atoms with van der Waals surface area (Å²) < 4.78 is 5.98. The zero-order chi connectivity index (χ0) is 24.6. The first kappa shape index (κ1) is 25.2. The summed E-state index contributed by atoms with van der Waals surface area (Å²) in [6, 6.07) is 14.4. The third-order valence-corrected chi connectivity index (χ3v) is 7.27. The van der Waals surface area contributed by atoms with Gasteiger partial charge in [0.15, 0.2) is 0 Å². The number of piperazine rings is 1. The monoisotopic (exact) mass is 495 g/mol. The lowest BCUT2D eigenvalue weighted by molar-refractivity contribution is 0.0949. The maximum Gasteiger partial charge on any atom is 0.251 e. The highest BCUT2D eigenvalue weighted by Gasteiger charge is 2.24. The van der Waals surface area contributed by atoms with E-state index in [2.05, 4.69) is 32.4 Å². The summed E-state index contributed by atoms with van der Waals surface area (Å²) >= 11 is 1.62. The third-order valence-electron chi connectivity index (χ3n) is 6.14. The van der Waals surface area contributed by atoms with Crippen LogP contribution in [0.25, 0.3) is 11.5 Å². The van der Waals surface area contributed by atoms with E-state index >= 15 is 0 Å². The Bertz CT molecular complexity index is 1100. The highest BCUT2D eigenvalue weighted by atomic mass is 32.2. The summed E-state index contributed by atoms with van der Waals surface area (Å²) in [5.41, 5.74) is 2.09. The Morgan fingerprint density at radius 3 is 2.57 bits per heavy atom. The van der Waals surface area contributed by atoms with Gasteiger partial charge < -0.3 is 24.6 Å². The number of nitrogens with zero attached hydrogens (tertiary/aromatic N) is 4. The van der Waals surface area contributed by atoms with E-state index in [1.807, 2.05) is 31.2 Å². The molecule has 1 atom stereocenters. The van der Waals surface area contributed by atoms with Crippen LogP contribution in [0.3, 0.4) is 0 Å². The lowest BCUT2D eigenvalue weighted by atomic mass is 10.1. The van der Waals surface area contributed by atoms with Gasteiger partial charge in [0.05, 0.1) is 0 Å². The number of hydrogen-bond acceptors (Lipinski definition) is 8. The van der Waals surface area contributed by atoms with Gasteiger partial charge in [0.25, 0.3) is 5.91 Å². The van der Waals surface area contributed by atoms with E-state index in [0.29, 0.717) is 23.9 Å². The summed E-state index contributed by atoms with van der Waals surface area (Å²) in [4.78, 5) is 17.3. The summed E-state index contributed by atoms with van der Waals surface area (Å²) in [5.74, 6) is 1.78. The molecule has 0 spiro atoms. The van der Waals surface area contributed by atoms with Crippen molar-refractivity contribution in [2.45, 2.75) is 18.6 Å². The maximum atomic E-state index is 12.5. The molecule has 1 aromatic heterocycles. The van der Waals surface area contributed by atoms with Gasteiger partial charge in [-0.05, 0) is 56.1 Å². The Labute approximate surface area is 210 Å². The van der Waals surface area contributed by atoms with E-state index in [0.717, 1.165) is 56.0 Å². The van der Waals surface area contributed by atoms with Gasteiger partial charge in [0.1, 0.15) is 11.0 Å². The minimum atomic E-state index is -0.252. The molecule has 2 aromatic carbocycles. The van der Waals surface area contributed by atoms with Crippen LogP contribution in [0.4, 0.5) is 0 Å². The van der Waals surface area contributed by atoms with Crippen LogP contribution < -0.4 is 5.32 Å². The maximum absolute atomic E-state index is 12.5. The number of phenols is 1. The molecule has 2 heterocycles. The standard InChI is InChI=1S/C26H33N5O3S/c1-3-35-23(21-7-4-5-8-22(21)32)26-29-28-25(34-26)20-11-9-19(10-12-20)24(33)27-13-6-14-31-17-15-30(2)16-18-31/h4-5,7-12,23,32H,3,6,13-18H2,1-2H3,(H,27,33). The topological polar surface area (TPSA) is 94.7 Å². The number of hydrogen-bond donors (Lipinski definition) is 2. The molecule has 0 bridgehead atoms. The number of aromatic nitrogens is 2. The van der Waals surface area contributed by atoms with Crippen LogP contribution >= 0.6 is 11.8 Å². The van der Waals surface area contributed by atoms with Gasteiger partial charge in [-0.3, -0.25) is 4.79 Å². The fraction of sp³-hybridized carbons (Fsp3) is 0.423. The minimum absolute atomic E-state index is 0.0832. The molecule has 1 aliphatic heterocycles. The van der Waals surface area contributed by atoms with Crippen molar-refractivity contribution in [1.82, 2.24) is 25.3 Å². The molecule has 35 heavy (non-hydrogen) atoms. The van der Waals surface area contributed by atoms with Crippen molar-refractivity contribution < 1.29 is 14.3 Å². The Morgan fingerprint density at radius 1 is 1.11 bits per heavy atom. The fourth-order valence-corrected chi connectivity index (χ4v) is 5.02. The number of phenolic OH excluding ortho intramolecular Hbond substituents is 1. The number of likely N-dealkylation sites (N-methyl/N-ethyl adjacent to an activating group) is 1. The van der Waals surface area contributed by atoms with Crippen LogP contribution in [0.15, 0.2) is 52.9 Å². The molecule has 0 aliphatic carbocycles.